The Labute approximate surface area is 169 Å². The first-order valence-corrected chi connectivity index (χ1v) is 10.5. The molecule has 1 aliphatic heterocycles. The van der Waals surface area contributed by atoms with Gasteiger partial charge in [-0.15, -0.1) is 11.3 Å². The molecule has 0 unspecified atom stereocenters. The monoisotopic (exact) mass is 401 g/mol. The number of carbonyl (C=O) groups excluding carboxylic acids is 2. The van der Waals surface area contributed by atoms with E-state index < -0.39 is 0 Å². The highest BCUT2D eigenvalue weighted by Gasteiger charge is 2.18. The number of amides is 2. The lowest BCUT2D eigenvalue weighted by Crippen LogP contribution is -2.45. The van der Waals surface area contributed by atoms with E-state index in [0.717, 1.165) is 37.6 Å². The van der Waals surface area contributed by atoms with Crippen LogP contribution >= 0.6 is 11.3 Å². The highest BCUT2D eigenvalue weighted by Crippen LogP contribution is 2.18. The number of hydrogen-bond acceptors (Lipinski definition) is 6. The molecule has 0 aromatic carbocycles. The van der Waals surface area contributed by atoms with Gasteiger partial charge in [-0.1, -0.05) is 12.1 Å². The molecule has 7 nitrogen and oxygen atoms in total. The topological polar surface area (TPSA) is 77.6 Å². The van der Waals surface area contributed by atoms with E-state index in [1.807, 2.05) is 23.6 Å². The van der Waals surface area contributed by atoms with Gasteiger partial charge < -0.3 is 20.4 Å². The van der Waals surface area contributed by atoms with Crippen LogP contribution < -0.4 is 15.5 Å². The minimum atomic E-state index is -0.0809. The number of carbonyl (C=O) groups is 2. The summed E-state index contributed by atoms with van der Waals surface area (Å²) in [7, 11) is 2.12. The molecule has 2 amide bonds. The van der Waals surface area contributed by atoms with Crippen molar-refractivity contribution in [2.45, 2.75) is 19.4 Å². The van der Waals surface area contributed by atoms with Crippen molar-refractivity contribution in [1.29, 1.82) is 0 Å². The molecule has 0 aliphatic carbocycles. The number of piperazine rings is 1. The van der Waals surface area contributed by atoms with Gasteiger partial charge in [-0.25, -0.2) is 4.98 Å². The van der Waals surface area contributed by atoms with Gasteiger partial charge >= 0.3 is 0 Å². The molecule has 0 spiro atoms. The number of anilines is 1. The van der Waals surface area contributed by atoms with Crippen molar-refractivity contribution in [2.75, 3.05) is 44.7 Å². The van der Waals surface area contributed by atoms with E-state index in [4.69, 9.17) is 0 Å². The second-order valence-electron chi connectivity index (χ2n) is 6.89. The second kappa shape index (κ2) is 10.2. The Kier molecular flexibility index (Phi) is 7.39. The third-order valence-electron chi connectivity index (χ3n) is 4.76. The van der Waals surface area contributed by atoms with Crippen molar-refractivity contribution in [3.63, 3.8) is 0 Å². The van der Waals surface area contributed by atoms with E-state index in [1.54, 1.807) is 12.3 Å². The molecule has 0 radical (unpaired) electrons. The Bertz CT molecular complexity index is 773. The van der Waals surface area contributed by atoms with E-state index in [1.165, 1.54) is 11.3 Å². The molecular formula is C20H27N5O2S. The largest absolute Gasteiger partial charge is 0.354 e. The Balaban J connectivity index is 1.40. The zero-order valence-electron chi connectivity index (χ0n) is 16.2. The quantitative estimate of drug-likeness (QED) is 0.659. The van der Waals surface area contributed by atoms with Crippen LogP contribution in [0.2, 0.25) is 0 Å². The number of rotatable bonds is 8. The van der Waals surface area contributed by atoms with Crippen LogP contribution in [-0.4, -0.2) is 61.5 Å². The third kappa shape index (κ3) is 5.77. The number of pyridine rings is 1. The van der Waals surface area contributed by atoms with E-state index in [2.05, 4.69) is 32.5 Å². The summed E-state index contributed by atoms with van der Waals surface area (Å²) in [6.45, 7) is 4.87. The number of nitrogens with zero attached hydrogens (tertiary/aromatic N) is 3. The Hall–Kier alpha value is -2.45. The molecule has 1 aliphatic rings. The summed E-state index contributed by atoms with van der Waals surface area (Å²) in [5.74, 6) is 0.861. The average molecular weight is 402 g/mol. The first kappa shape index (κ1) is 20.3. The van der Waals surface area contributed by atoms with Crippen LogP contribution in [0.3, 0.4) is 0 Å². The maximum Gasteiger partial charge on any atom is 0.261 e. The molecule has 3 rings (SSSR count). The van der Waals surface area contributed by atoms with Crippen LogP contribution in [-0.2, 0) is 11.3 Å². The molecule has 2 aromatic rings. The fraction of sp³-hybridized carbons (Fsp3) is 0.450. The summed E-state index contributed by atoms with van der Waals surface area (Å²) in [5, 5.41) is 7.69. The van der Waals surface area contributed by atoms with Crippen LogP contribution in [0.4, 0.5) is 5.82 Å². The summed E-state index contributed by atoms with van der Waals surface area (Å²) in [5.41, 5.74) is 1.03. The summed E-state index contributed by atoms with van der Waals surface area (Å²) in [6.07, 6.45) is 2.80. The van der Waals surface area contributed by atoms with Gasteiger partial charge in [0.25, 0.3) is 5.91 Å². The fourth-order valence-corrected chi connectivity index (χ4v) is 3.74. The molecule has 1 saturated heterocycles. The predicted octanol–water partition coefficient (Wildman–Crippen LogP) is 1.72. The third-order valence-corrected chi connectivity index (χ3v) is 5.63. The first-order valence-electron chi connectivity index (χ1n) is 9.59. The van der Waals surface area contributed by atoms with E-state index in [-0.39, 0.29) is 11.8 Å². The number of likely N-dealkylation sites (N-methyl/N-ethyl adjacent to an activating group) is 1. The number of hydrogen-bond donors (Lipinski definition) is 2. The Morgan fingerprint density at radius 1 is 1.14 bits per heavy atom. The van der Waals surface area contributed by atoms with Gasteiger partial charge in [0.15, 0.2) is 0 Å². The standard InChI is InChI=1S/C20H27N5O2S/c1-24-10-12-25(13-11-24)19-16(5-2-8-21-19)15-23-18(26)7-3-9-22-20(27)17-6-4-14-28-17/h2,4-6,8,14H,3,7,9-13,15H2,1H3,(H,22,27)(H,23,26). The van der Waals surface area contributed by atoms with Crippen LogP contribution in [0, 0.1) is 0 Å². The minimum Gasteiger partial charge on any atom is -0.354 e. The molecule has 28 heavy (non-hydrogen) atoms. The van der Waals surface area contributed by atoms with Crippen molar-refractivity contribution in [3.8, 4) is 0 Å². The second-order valence-corrected chi connectivity index (χ2v) is 7.84. The fourth-order valence-electron chi connectivity index (χ4n) is 3.10. The average Bonchev–Trinajstić information content (AvgIpc) is 3.25. The molecule has 2 aromatic heterocycles. The van der Waals surface area contributed by atoms with E-state index in [0.29, 0.717) is 30.8 Å². The molecule has 0 atom stereocenters. The normalized spacial score (nSPS) is 14.7. The maximum atomic E-state index is 12.2. The molecule has 150 valence electrons. The lowest BCUT2D eigenvalue weighted by Gasteiger charge is -2.34. The molecule has 1 fully saturated rings. The van der Waals surface area contributed by atoms with Crippen LogP contribution in [0.1, 0.15) is 28.1 Å². The first-order chi connectivity index (χ1) is 13.6. The lowest BCUT2D eigenvalue weighted by molar-refractivity contribution is -0.121. The van der Waals surface area contributed by atoms with Crippen molar-refractivity contribution in [2.24, 2.45) is 0 Å². The minimum absolute atomic E-state index is 0.0152. The molecule has 0 saturated carbocycles. The molecule has 0 bridgehead atoms. The summed E-state index contributed by atoms with van der Waals surface area (Å²) < 4.78 is 0. The van der Waals surface area contributed by atoms with Gasteiger partial charge in [-0.05, 0) is 31.0 Å². The zero-order chi connectivity index (χ0) is 19.8. The van der Waals surface area contributed by atoms with Gasteiger partial charge in [0.2, 0.25) is 5.91 Å². The maximum absolute atomic E-state index is 12.2. The van der Waals surface area contributed by atoms with Gasteiger partial charge in [-0.3, -0.25) is 9.59 Å². The number of nitrogens with one attached hydrogen (secondary N) is 2. The van der Waals surface area contributed by atoms with Crippen molar-refractivity contribution in [1.82, 2.24) is 20.5 Å². The highest BCUT2D eigenvalue weighted by molar-refractivity contribution is 7.12. The van der Waals surface area contributed by atoms with Crippen molar-refractivity contribution < 1.29 is 9.59 Å². The molecular weight excluding hydrogens is 374 g/mol. The number of thiophene rings is 1. The smallest absolute Gasteiger partial charge is 0.261 e. The number of aromatic nitrogens is 1. The van der Waals surface area contributed by atoms with Gasteiger partial charge in [0, 0.05) is 57.4 Å². The van der Waals surface area contributed by atoms with Crippen LogP contribution in [0.25, 0.3) is 0 Å². The molecule has 8 heteroatoms. The zero-order valence-corrected chi connectivity index (χ0v) is 17.0. The summed E-state index contributed by atoms with van der Waals surface area (Å²) in [4.78, 5) is 33.8. The lowest BCUT2D eigenvalue weighted by atomic mass is 10.2. The Morgan fingerprint density at radius 3 is 2.71 bits per heavy atom. The highest BCUT2D eigenvalue weighted by atomic mass is 32.1. The van der Waals surface area contributed by atoms with Gasteiger partial charge in [0.05, 0.1) is 4.88 Å². The molecule has 3 heterocycles. The van der Waals surface area contributed by atoms with Crippen molar-refractivity contribution in [3.05, 3.63) is 46.3 Å². The molecule has 2 N–H and O–H groups in total. The Morgan fingerprint density at radius 2 is 1.96 bits per heavy atom. The predicted molar refractivity (Wildman–Crippen MR) is 112 cm³/mol. The van der Waals surface area contributed by atoms with E-state index in [9.17, 15) is 9.59 Å². The van der Waals surface area contributed by atoms with E-state index >= 15 is 0 Å². The van der Waals surface area contributed by atoms with Gasteiger partial charge in [0.1, 0.15) is 5.82 Å². The summed E-state index contributed by atoms with van der Waals surface area (Å²) >= 11 is 1.41. The van der Waals surface area contributed by atoms with Crippen LogP contribution in [0.15, 0.2) is 35.8 Å². The SMILES string of the molecule is CN1CCN(c2ncccc2CNC(=O)CCCNC(=O)c2cccs2)CC1. The van der Waals surface area contributed by atoms with Gasteiger partial charge in [-0.2, -0.15) is 0 Å². The summed E-state index contributed by atoms with van der Waals surface area (Å²) in [6, 6.07) is 7.56. The van der Waals surface area contributed by atoms with Crippen molar-refractivity contribution >= 4 is 29.0 Å². The van der Waals surface area contributed by atoms with Crippen LogP contribution in [0.5, 0.6) is 0 Å².